The van der Waals surface area contributed by atoms with Crippen LogP contribution in [0.5, 0.6) is 0 Å². The maximum absolute atomic E-state index is 11.2. The van der Waals surface area contributed by atoms with Crippen LogP contribution < -0.4 is 4.90 Å². The number of carbonyl (C=O) groups excluding carboxylic acids is 1. The second-order valence-corrected chi connectivity index (χ2v) is 4.84. The smallest absolute Gasteiger partial charge is 0.178 e. The van der Waals surface area contributed by atoms with Crippen molar-refractivity contribution in [3.8, 4) is 0 Å². The van der Waals surface area contributed by atoms with E-state index in [4.69, 9.17) is 0 Å². The van der Waals surface area contributed by atoms with Crippen molar-refractivity contribution in [1.29, 1.82) is 0 Å². The molecule has 0 radical (unpaired) electrons. The predicted molar refractivity (Wildman–Crippen MR) is 70.9 cm³/mol. The number of anilines is 1. The number of hydrogen-bond acceptors (Lipinski definition) is 4. The molecular weight excluding hydrogens is 228 g/mol. The molecule has 18 heavy (non-hydrogen) atoms. The number of ketones is 1. The highest BCUT2D eigenvalue weighted by atomic mass is 16.3. The van der Waals surface area contributed by atoms with E-state index in [1.54, 1.807) is 12.3 Å². The molecule has 1 N–H and O–H groups in total. The van der Waals surface area contributed by atoms with Crippen LogP contribution in [0, 0.1) is 0 Å². The van der Waals surface area contributed by atoms with Crippen LogP contribution in [0.25, 0.3) is 0 Å². The molecule has 1 unspecified atom stereocenters. The van der Waals surface area contributed by atoms with Gasteiger partial charge in [0.25, 0.3) is 0 Å². The van der Waals surface area contributed by atoms with E-state index in [0.29, 0.717) is 5.69 Å². The number of pyridine rings is 1. The molecule has 1 atom stereocenters. The molecule has 0 aliphatic carbocycles. The molecule has 0 spiro atoms. The summed E-state index contributed by atoms with van der Waals surface area (Å²) < 4.78 is 0. The Bertz CT molecular complexity index is 403. The topological polar surface area (TPSA) is 53.4 Å². The standard InChI is InChI=1S/C14H20N2O2/c1-11(18)14-7-6-12(9-15-14)16-8-4-2-3-5-13(16)10-17/h6-7,9,13,17H,2-5,8,10H2,1H3. The Kier molecular flexibility index (Phi) is 4.31. The fourth-order valence-electron chi connectivity index (χ4n) is 2.47. The molecule has 1 aliphatic rings. The van der Waals surface area contributed by atoms with Gasteiger partial charge < -0.3 is 10.0 Å². The van der Waals surface area contributed by atoms with Crippen LogP contribution in [0.3, 0.4) is 0 Å². The van der Waals surface area contributed by atoms with Crippen molar-refractivity contribution in [3.63, 3.8) is 0 Å². The second-order valence-electron chi connectivity index (χ2n) is 4.84. The van der Waals surface area contributed by atoms with E-state index in [1.165, 1.54) is 19.8 Å². The van der Waals surface area contributed by atoms with Gasteiger partial charge in [0.15, 0.2) is 5.78 Å². The van der Waals surface area contributed by atoms with Gasteiger partial charge in [0.1, 0.15) is 5.69 Å². The summed E-state index contributed by atoms with van der Waals surface area (Å²) in [6, 6.07) is 3.87. The van der Waals surface area contributed by atoms with E-state index < -0.39 is 0 Å². The largest absolute Gasteiger partial charge is 0.394 e. The minimum Gasteiger partial charge on any atom is -0.394 e. The van der Waals surface area contributed by atoms with Crippen molar-refractivity contribution in [2.75, 3.05) is 18.1 Å². The van der Waals surface area contributed by atoms with Crippen molar-refractivity contribution in [3.05, 3.63) is 24.0 Å². The summed E-state index contributed by atoms with van der Waals surface area (Å²) in [5, 5.41) is 9.47. The fourth-order valence-corrected chi connectivity index (χ4v) is 2.47. The van der Waals surface area contributed by atoms with Gasteiger partial charge in [-0.1, -0.05) is 12.8 Å². The zero-order chi connectivity index (χ0) is 13.0. The number of rotatable bonds is 3. The van der Waals surface area contributed by atoms with E-state index >= 15 is 0 Å². The average molecular weight is 248 g/mol. The normalized spacial score (nSPS) is 20.6. The lowest BCUT2D eigenvalue weighted by atomic mass is 10.1. The van der Waals surface area contributed by atoms with Gasteiger partial charge in [-0.05, 0) is 25.0 Å². The summed E-state index contributed by atoms with van der Waals surface area (Å²) in [7, 11) is 0. The van der Waals surface area contributed by atoms with E-state index in [0.717, 1.165) is 25.1 Å². The molecule has 0 aromatic carbocycles. The minimum atomic E-state index is -0.0175. The highest BCUT2D eigenvalue weighted by Gasteiger charge is 2.20. The summed E-state index contributed by atoms with van der Waals surface area (Å²) in [6.45, 7) is 2.64. The van der Waals surface area contributed by atoms with Crippen LogP contribution in [-0.2, 0) is 0 Å². The molecular formula is C14H20N2O2. The Morgan fingerprint density at radius 2 is 2.28 bits per heavy atom. The van der Waals surface area contributed by atoms with Gasteiger partial charge in [-0.2, -0.15) is 0 Å². The Labute approximate surface area is 108 Å². The van der Waals surface area contributed by atoms with Crippen LogP contribution in [0.1, 0.15) is 43.1 Å². The Balaban J connectivity index is 2.19. The lowest BCUT2D eigenvalue weighted by molar-refractivity contribution is 0.101. The van der Waals surface area contributed by atoms with Crippen LogP contribution in [0.2, 0.25) is 0 Å². The molecule has 2 rings (SSSR count). The Morgan fingerprint density at radius 1 is 1.44 bits per heavy atom. The molecule has 1 aliphatic heterocycles. The first-order chi connectivity index (χ1) is 8.72. The molecule has 1 aromatic rings. The van der Waals surface area contributed by atoms with Crippen LogP contribution >= 0.6 is 0 Å². The van der Waals surface area contributed by atoms with E-state index in [2.05, 4.69) is 9.88 Å². The first kappa shape index (κ1) is 13.0. The lowest BCUT2D eigenvalue weighted by Gasteiger charge is -2.30. The fraction of sp³-hybridized carbons (Fsp3) is 0.571. The number of nitrogens with zero attached hydrogens (tertiary/aromatic N) is 2. The zero-order valence-electron chi connectivity index (χ0n) is 10.8. The lowest BCUT2D eigenvalue weighted by Crippen LogP contribution is -2.37. The highest BCUT2D eigenvalue weighted by Crippen LogP contribution is 2.23. The monoisotopic (exact) mass is 248 g/mol. The summed E-state index contributed by atoms with van der Waals surface area (Å²) in [4.78, 5) is 17.6. The predicted octanol–water partition coefficient (Wildman–Crippen LogP) is 2.03. The van der Waals surface area contributed by atoms with Gasteiger partial charge in [-0.3, -0.25) is 9.78 Å². The van der Waals surface area contributed by atoms with Crippen molar-refractivity contribution < 1.29 is 9.90 Å². The maximum Gasteiger partial charge on any atom is 0.178 e. The maximum atomic E-state index is 11.2. The summed E-state index contributed by atoms with van der Waals surface area (Å²) in [5.74, 6) is -0.0175. The Morgan fingerprint density at radius 3 is 2.89 bits per heavy atom. The number of aliphatic hydroxyl groups is 1. The second kappa shape index (κ2) is 5.96. The number of Topliss-reactive ketones (excluding diaryl/α,β-unsaturated/α-hetero) is 1. The van der Waals surface area contributed by atoms with Crippen LogP contribution in [0.4, 0.5) is 5.69 Å². The number of aromatic nitrogens is 1. The van der Waals surface area contributed by atoms with Gasteiger partial charge in [-0.15, -0.1) is 0 Å². The third kappa shape index (κ3) is 2.88. The molecule has 98 valence electrons. The number of aliphatic hydroxyl groups excluding tert-OH is 1. The SMILES string of the molecule is CC(=O)c1ccc(N2CCCCCC2CO)cn1. The van der Waals surface area contributed by atoms with E-state index in [9.17, 15) is 9.90 Å². The van der Waals surface area contributed by atoms with Crippen LogP contribution in [-0.4, -0.2) is 35.1 Å². The first-order valence-corrected chi connectivity index (χ1v) is 6.57. The molecule has 1 fully saturated rings. The molecule has 4 heteroatoms. The van der Waals surface area contributed by atoms with Crippen molar-refractivity contribution in [1.82, 2.24) is 4.98 Å². The van der Waals surface area contributed by atoms with E-state index in [-0.39, 0.29) is 18.4 Å². The third-order valence-electron chi connectivity index (χ3n) is 3.53. The molecule has 0 saturated carbocycles. The average Bonchev–Trinajstić information content (AvgIpc) is 2.63. The number of carbonyl (C=O) groups is 1. The van der Waals surface area contributed by atoms with Crippen molar-refractivity contribution in [2.45, 2.75) is 38.6 Å². The molecule has 1 saturated heterocycles. The Hall–Kier alpha value is -1.42. The van der Waals surface area contributed by atoms with Crippen LogP contribution in [0.15, 0.2) is 18.3 Å². The van der Waals surface area contributed by atoms with Gasteiger partial charge in [0.05, 0.1) is 24.5 Å². The highest BCUT2D eigenvalue weighted by molar-refractivity contribution is 5.92. The van der Waals surface area contributed by atoms with Crippen molar-refractivity contribution >= 4 is 11.5 Å². The first-order valence-electron chi connectivity index (χ1n) is 6.57. The van der Waals surface area contributed by atoms with Gasteiger partial charge in [-0.25, -0.2) is 0 Å². The molecule has 0 amide bonds. The van der Waals surface area contributed by atoms with Gasteiger partial charge in [0, 0.05) is 13.5 Å². The summed E-state index contributed by atoms with van der Waals surface area (Å²) in [6.07, 6.45) is 6.28. The van der Waals surface area contributed by atoms with Crippen molar-refractivity contribution in [2.24, 2.45) is 0 Å². The zero-order valence-corrected chi connectivity index (χ0v) is 10.8. The van der Waals surface area contributed by atoms with E-state index in [1.807, 2.05) is 6.07 Å². The molecule has 2 heterocycles. The minimum absolute atomic E-state index is 0.0175. The number of hydrogen-bond donors (Lipinski definition) is 1. The van der Waals surface area contributed by atoms with Gasteiger partial charge >= 0.3 is 0 Å². The summed E-state index contributed by atoms with van der Waals surface area (Å²) >= 11 is 0. The van der Waals surface area contributed by atoms with Gasteiger partial charge in [0.2, 0.25) is 0 Å². The summed E-state index contributed by atoms with van der Waals surface area (Å²) in [5.41, 5.74) is 1.50. The third-order valence-corrected chi connectivity index (χ3v) is 3.53. The molecule has 1 aromatic heterocycles. The quantitative estimate of drug-likeness (QED) is 0.832. The molecule has 4 nitrogen and oxygen atoms in total. The molecule has 0 bridgehead atoms.